The highest BCUT2D eigenvalue weighted by molar-refractivity contribution is 5.76. The molecule has 7 heteroatoms. The third-order valence-corrected chi connectivity index (χ3v) is 5.30. The van der Waals surface area contributed by atoms with Gasteiger partial charge in [0, 0.05) is 56.6 Å². The lowest BCUT2D eigenvalue weighted by Crippen LogP contribution is -2.28. The van der Waals surface area contributed by atoms with Gasteiger partial charge < -0.3 is 14.6 Å². The van der Waals surface area contributed by atoms with E-state index in [0.29, 0.717) is 25.1 Å². The Morgan fingerprint density at radius 1 is 1.24 bits per heavy atom. The van der Waals surface area contributed by atoms with Gasteiger partial charge in [0.2, 0.25) is 5.91 Å². The molecule has 2 heterocycles. The van der Waals surface area contributed by atoms with Crippen LogP contribution in [0.4, 0.5) is 0 Å². The maximum absolute atomic E-state index is 13.1. The molecule has 0 saturated heterocycles. The summed E-state index contributed by atoms with van der Waals surface area (Å²) in [7, 11) is 3.55. The Kier molecular flexibility index (Phi) is 6.49. The van der Waals surface area contributed by atoms with Crippen LogP contribution in [0.1, 0.15) is 29.7 Å². The van der Waals surface area contributed by atoms with Gasteiger partial charge in [-0.3, -0.25) is 9.59 Å². The van der Waals surface area contributed by atoms with Crippen LogP contribution in [0.5, 0.6) is 0 Å². The predicted octanol–water partition coefficient (Wildman–Crippen LogP) is 2.40. The van der Waals surface area contributed by atoms with E-state index < -0.39 is 0 Å². The quantitative estimate of drug-likeness (QED) is 0.593. The number of aromatic nitrogens is 3. The van der Waals surface area contributed by atoms with E-state index in [0.717, 1.165) is 34.6 Å². The summed E-state index contributed by atoms with van der Waals surface area (Å²) in [6.45, 7) is 5.12. The van der Waals surface area contributed by atoms with Crippen LogP contribution in [-0.2, 0) is 23.0 Å². The van der Waals surface area contributed by atoms with Crippen molar-refractivity contribution in [3.63, 3.8) is 0 Å². The molecule has 154 valence electrons. The molecule has 0 fully saturated rings. The van der Waals surface area contributed by atoms with Crippen molar-refractivity contribution in [1.82, 2.24) is 19.5 Å². The first-order valence-electron chi connectivity index (χ1n) is 9.84. The number of fused-ring (bicyclic) bond motifs is 1. The molecular formula is C22H28N4O3. The number of methoxy groups -OCH3 is 1. The van der Waals surface area contributed by atoms with Crippen molar-refractivity contribution in [2.45, 2.75) is 33.1 Å². The zero-order valence-electron chi connectivity index (χ0n) is 17.5. The normalized spacial score (nSPS) is 11.2. The maximum atomic E-state index is 13.1. The summed E-state index contributed by atoms with van der Waals surface area (Å²) >= 11 is 0. The van der Waals surface area contributed by atoms with E-state index >= 15 is 0 Å². The summed E-state index contributed by atoms with van der Waals surface area (Å²) in [4.78, 5) is 25.2. The zero-order valence-corrected chi connectivity index (χ0v) is 17.5. The van der Waals surface area contributed by atoms with E-state index in [1.165, 1.54) is 4.52 Å². The number of ether oxygens (including phenoxy) is 1. The molecule has 0 aliphatic carbocycles. The SMILES string of the molecule is COCCCNC(=O)CCc1c(C)n(C)c2cc(-c3ccccc3C)nn2c1=O. The highest BCUT2D eigenvalue weighted by Crippen LogP contribution is 2.23. The zero-order chi connectivity index (χ0) is 21.0. The fourth-order valence-corrected chi connectivity index (χ4v) is 3.47. The van der Waals surface area contributed by atoms with E-state index in [9.17, 15) is 9.59 Å². The Morgan fingerprint density at radius 2 is 2.00 bits per heavy atom. The molecule has 29 heavy (non-hydrogen) atoms. The van der Waals surface area contributed by atoms with Crippen LogP contribution < -0.4 is 10.9 Å². The molecular weight excluding hydrogens is 368 g/mol. The summed E-state index contributed by atoms with van der Waals surface area (Å²) in [6, 6.07) is 9.91. The third-order valence-electron chi connectivity index (χ3n) is 5.30. The van der Waals surface area contributed by atoms with Gasteiger partial charge in [-0.05, 0) is 32.3 Å². The number of hydrogen-bond acceptors (Lipinski definition) is 4. The Balaban J connectivity index is 1.87. The number of aryl methyl sites for hydroxylation is 2. The third kappa shape index (κ3) is 4.40. The van der Waals surface area contributed by atoms with E-state index in [2.05, 4.69) is 10.4 Å². The molecule has 1 N–H and O–H groups in total. The molecule has 0 radical (unpaired) electrons. The number of nitrogens with zero attached hydrogens (tertiary/aromatic N) is 3. The molecule has 3 aromatic rings. The molecule has 0 saturated carbocycles. The smallest absolute Gasteiger partial charge is 0.277 e. The van der Waals surface area contributed by atoms with Crippen LogP contribution in [0.25, 0.3) is 16.9 Å². The van der Waals surface area contributed by atoms with Crippen molar-refractivity contribution in [2.75, 3.05) is 20.3 Å². The average Bonchev–Trinajstić information content (AvgIpc) is 3.15. The van der Waals surface area contributed by atoms with Crippen LogP contribution in [0.3, 0.4) is 0 Å². The van der Waals surface area contributed by atoms with Gasteiger partial charge in [0.1, 0.15) is 5.65 Å². The summed E-state index contributed by atoms with van der Waals surface area (Å²) in [5, 5.41) is 7.43. The van der Waals surface area contributed by atoms with Gasteiger partial charge in [0.05, 0.1) is 5.69 Å². The number of nitrogens with one attached hydrogen (secondary N) is 1. The van der Waals surface area contributed by atoms with Crippen molar-refractivity contribution in [3.05, 3.63) is 57.5 Å². The van der Waals surface area contributed by atoms with Gasteiger partial charge in [-0.25, -0.2) is 0 Å². The van der Waals surface area contributed by atoms with Gasteiger partial charge >= 0.3 is 0 Å². The number of rotatable bonds is 8. The van der Waals surface area contributed by atoms with E-state index in [1.54, 1.807) is 7.11 Å². The average molecular weight is 396 g/mol. The number of benzene rings is 1. The number of carbonyl (C=O) groups is 1. The predicted molar refractivity (Wildman–Crippen MR) is 113 cm³/mol. The molecule has 3 rings (SSSR count). The van der Waals surface area contributed by atoms with E-state index in [1.807, 2.05) is 55.8 Å². The Labute approximate surface area is 170 Å². The highest BCUT2D eigenvalue weighted by atomic mass is 16.5. The van der Waals surface area contributed by atoms with Crippen LogP contribution in [0, 0.1) is 13.8 Å². The standard InChI is InChI=1S/C22H28N4O3/c1-15-8-5-6-9-17(15)19-14-21-25(3)16(2)18(22(28)26(21)24-19)10-11-20(27)23-12-7-13-29-4/h5-6,8-9,14H,7,10-13H2,1-4H3,(H,23,27). The van der Waals surface area contributed by atoms with Crippen LogP contribution in [0.2, 0.25) is 0 Å². The van der Waals surface area contributed by atoms with Crippen molar-refractivity contribution in [2.24, 2.45) is 7.05 Å². The second-order valence-electron chi connectivity index (χ2n) is 7.24. The maximum Gasteiger partial charge on any atom is 0.277 e. The van der Waals surface area contributed by atoms with Gasteiger partial charge in [0.15, 0.2) is 0 Å². The van der Waals surface area contributed by atoms with Crippen molar-refractivity contribution in [3.8, 4) is 11.3 Å². The van der Waals surface area contributed by atoms with Gasteiger partial charge in [-0.1, -0.05) is 24.3 Å². The molecule has 0 aliphatic heterocycles. The number of carbonyl (C=O) groups excluding carboxylic acids is 1. The Bertz CT molecular complexity index is 1080. The number of hydrogen-bond donors (Lipinski definition) is 1. The molecule has 1 amide bonds. The van der Waals surface area contributed by atoms with Crippen LogP contribution in [0.15, 0.2) is 35.1 Å². The minimum atomic E-state index is -0.164. The molecule has 2 aromatic heterocycles. The first-order chi connectivity index (χ1) is 13.9. The minimum Gasteiger partial charge on any atom is -0.385 e. The van der Waals surface area contributed by atoms with Crippen molar-refractivity contribution in [1.29, 1.82) is 0 Å². The Morgan fingerprint density at radius 3 is 2.72 bits per heavy atom. The van der Waals surface area contributed by atoms with Crippen LogP contribution >= 0.6 is 0 Å². The molecule has 0 unspecified atom stereocenters. The number of amides is 1. The monoisotopic (exact) mass is 396 g/mol. The summed E-state index contributed by atoms with van der Waals surface area (Å²) in [5.74, 6) is -0.0660. The highest BCUT2D eigenvalue weighted by Gasteiger charge is 2.17. The molecule has 0 aliphatic rings. The van der Waals surface area contributed by atoms with Gasteiger partial charge in [-0.2, -0.15) is 9.61 Å². The fourth-order valence-electron chi connectivity index (χ4n) is 3.47. The molecule has 1 aromatic carbocycles. The summed E-state index contributed by atoms with van der Waals surface area (Å²) in [5.41, 5.74) is 4.92. The molecule has 0 atom stereocenters. The lowest BCUT2D eigenvalue weighted by Gasteiger charge is -2.12. The van der Waals surface area contributed by atoms with Crippen LogP contribution in [-0.4, -0.2) is 40.3 Å². The lowest BCUT2D eigenvalue weighted by atomic mass is 10.1. The minimum absolute atomic E-state index is 0.0660. The second-order valence-corrected chi connectivity index (χ2v) is 7.24. The molecule has 0 spiro atoms. The van der Waals surface area contributed by atoms with Gasteiger partial charge in [-0.15, -0.1) is 0 Å². The summed E-state index contributed by atoms with van der Waals surface area (Å²) < 4.78 is 8.38. The molecule has 0 bridgehead atoms. The molecule has 7 nitrogen and oxygen atoms in total. The van der Waals surface area contributed by atoms with Crippen molar-refractivity contribution >= 4 is 11.6 Å². The largest absolute Gasteiger partial charge is 0.385 e. The van der Waals surface area contributed by atoms with E-state index in [-0.39, 0.29) is 17.9 Å². The van der Waals surface area contributed by atoms with Gasteiger partial charge in [0.25, 0.3) is 5.56 Å². The fraction of sp³-hybridized carbons (Fsp3) is 0.409. The van der Waals surface area contributed by atoms with E-state index in [4.69, 9.17) is 4.74 Å². The first kappa shape index (κ1) is 20.8. The first-order valence-corrected chi connectivity index (χ1v) is 9.84. The summed E-state index contributed by atoms with van der Waals surface area (Å²) in [6.07, 6.45) is 1.41. The second kappa shape index (κ2) is 9.05. The topological polar surface area (TPSA) is 77.6 Å². The lowest BCUT2D eigenvalue weighted by molar-refractivity contribution is -0.121. The van der Waals surface area contributed by atoms with Crippen molar-refractivity contribution < 1.29 is 9.53 Å². The Hall–Kier alpha value is -2.93.